The third kappa shape index (κ3) is 3.17. The first-order valence-corrected chi connectivity index (χ1v) is 7.70. The van der Waals surface area contributed by atoms with Gasteiger partial charge in [0.1, 0.15) is 11.6 Å². The summed E-state index contributed by atoms with van der Waals surface area (Å²) in [5, 5.41) is 15.6. The standard InChI is InChI=1S/C19H16FNOS/c1-12(23)21-19(14-6-9-15(20)10-7-14)18-16-5-3-2-4-13(16)8-11-17(18)22/h2-11,19,22H,1H3,(H,21,23). The van der Waals surface area contributed by atoms with Crippen molar-refractivity contribution in [3.05, 3.63) is 77.6 Å². The Labute approximate surface area is 139 Å². The van der Waals surface area contributed by atoms with E-state index in [1.54, 1.807) is 25.1 Å². The van der Waals surface area contributed by atoms with Crippen molar-refractivity contribution in [3.63, 3.8) is 0 Å². The molecule has 3 rings (SSSR count). The molecule has 4 heteroatoms. The summed E-state index contributed by atoms with van der Waals surface area (Å²) in [7, 11) is 0. The number of thiocarbonyl (C=S) groups is 1. The summed E-state index contributed by atoms with van der Waals surface area (Å²) in [6.45, 7) is 1.79. The van der Waals surface area contributed by atoms with Crippen LogP contribution >= 0.6 is 12.2 Å². The Morgan fingerprint density at radius 3 is 2.43 bits per heavy atom. The summed E-state index contributed by atoms with van der Waals surface area (Å²) < 4.78 is 13.3. The smallest absolute Gasteiger partial charge is 0.123 e. The van der Waals surface area contributed by atoms with E-state index in [0.29, 0.717) is 4.99 Å². The molecule has 0 heterocycles. The highest BCUT2D eigenvalue weighted by atomic mass is 32.1. The predicted octanol–water partition coefficient (Wildman–Crippen LogP) is 4.71. The van der Waals surface area contributed by atoms with Crippen LogP contribution in [0.25, 0.3) is 10.8 Å². The molecule has 3 aromatic carbocycles. The molecule has 1 unspecified atom stereocenters. The van der Waals surface area contributed by atoms with Gasteiger partial charge >= 0.3 is 0 Å². The fourth-order valence-corrected chi connectivity index (χ4v) is 2.89. The lowest BCUT2D eigenvalue weighted by molar-refractivity contribution is 0.464. The fraction of sp³-hybridized carbons (Fsp3) is 0.105. The number of benzene rings is 3. The second kappa shape index (κ2) is 6.34. The van der Waals surface area contributed by atoms with Crippen LogP contribution in [0.1, 0.15) is 24.1 Å². The fourth-order valence-electron chi connectivity index (χ4n) is 2.77. The molecule has 0 fully saturated rings. The van der Waals surface area contributed by atoms with Gasteiger partial charge in [-0.1, -0.05) is 54.7 Å². The van der Waals surface area contributed by atoms with Crippen molar-refractivity contribution in [2.45, 2.75) is 13.0 Å². The molecule has 116 valence electrons. The maximum absolute atomic E-state index is 13.3. The van der Waals surface area contributed by atoms with Crippen LogP contribution in [0.5, 0.6) is 5.75 Å². The van der Waals surface area contributed by atoms with Gasteiger partial charge < -0.3 is 10.4 Å². The minimum atomic E-state index is -0.348. The molecule has 2 nitrogen and oxygen atoms in total. The van der Waals surface area contributed by atoms with Crippen molar-refractivity contribution in [2.75, 3.05) is 0 Å². The van der Waals surface area contributed by atoms with Crippen LogP contribution in [0.3, 0.4) is 0 Å². The predicted molar refractivity (Wildman–Crippen MR) is 95.3 cm³/mol. The van der Waals surface area contributed by atoms with Crippen molar-refractivity contribution in [2.24, 2.45) is 0 Å². The molecular weight excluding hydrogens is 309 g/mol. The lowest BCUT2D eigenvalue weighted by Crippen LogP contribution is -2.26. The van der Waals surface area contributed by atoms with E-state index in [1.807, 2.05) is 30.3 Å². The number of hydrogen-bond acceptors (Lipinski definition) is 2. The molecule has 1 atom stereocenters. The van der Waals surface area contributed by atoms with Crippen LogP contribution < -0.4 is 5.32 Å². The molecule has 0 spiro atoms. The summed E-state index contributed by atoms with van der Waals surface area (Å²) in [6, 6.07) is 17.2. The molecular formula is C19H16FNOS. The van der Waals surface area contributed by atoms with E-state index in [1.165, 1.54) is 12.1 Å². The molecule has 0 saturated heterocycles. The lowest BCUT2D eigenvalue weighted by Gasteiger charge is -2.23. The van der Waals surface area contributed by atoms with Gasteiger partial charge in [0.05, 0.1) is 11.0 Å². The highest BCUT2D eigenvalue weighted by Gasteiger charge is 2.20. The molecule has 23 heavy (non-hydrogen) atoms. The molecule has 0 aliphatic carbocycles. The minimum Gasteiger partial charge on any atom is -0.508 e. The number of halogens is 1. The first kappa shape index (κ1) is 15.4. The zero-order valence-electron chi connectivity index (χ0n) is 12.6. The van der Waals surface area contributed by atoms with Crippen molar-refractivity contribution in [1.29, 1.82) is 0 Å². The van der Waals surface area contributed by atoms with Gasteiger partial charge in [-0.15, -0.1) is 0 Å². The highest BCUT2D eigenvalue weighted by Crippen LogP contribution is 2.35. The number of aromatic hydroxyl groups is 1. The van der Waals surface area contributed by atoms with Crippen molar-refractivity contribution < 1.29 is 9.50 Å². The van der Waals surface area contributed by atoms with Crippen molar-refractivity contribution >= 4 is 28.0 Å². The van der Waals surface area contributed by atoms with Crippen molar-refractivity contribution in [3.8, 4) is 5.75 Å². The molecule has 0 radical (unpaired) electrons. The van der Waals surface area contributed by atoms with Gasteiger partial charge in [-0.05, 0) is 41.5 Å². The summed E-state index contributed by atoms with van der Waals surface area (Å²) in [4.78, 5) is 0.603. The third-order valence-electron chi connectivity index (χ3n) is 3.79. The Bertz CT molecular complexity index is 861. The largest absolute Gasteiger partial charge is 0.508 e. The Hall–Kier alpha value is -2.46. The SMILES string of the molecule is CC(=S)NC(c1ccc(F)cc1)c1c(O)ccc2ccccc12. The molecule has 2 N–H and O–H groups in total. The van der Waals surface area contributed by atoms with Gasteiger partial charge in [-0.25, -0.2) is 4.39 Å². The molecule has 0 amide bonds. The summed E-state index contributed by atoms with van der Waals surface area (Å²) >= 11 is 5.20. The maximum atomic E-state index is 13.3. The van der Waals surface area contributed by atoms with Gasteiger partial charge in [0, 0.05) is 5.56 Å². The number of phenols is 1. The zero-order valence-corrected chi connectivity index (χ0v) is 13.4. The Morgan fingerprint density at radius 1 is 1.04 bits per heavy atom. The van der Waals surface area contributed by atoms with E-state index in [2.05, 4.69) is 5.32 Å². The summed E-state index contributed by atoms with van der Waals surface area (Å²) in [5.41, 5.74) is 1.57. The van der Waals surface area contributed by atoms with Gasteiger partial charge in [-0.2, -0.15) is 0 Å². The molecule has 0 aliphatic rings. The van der Waals surface area contributed by atoms with Crippen LogP contribution in [0.15, 0.2) is 60.7 Å². The second-order valence-corrected chi connectivity index (χ2v) is 6.02. The van der Waals surface area contributed by atoms with Crippen LogP contribution in [0, 0.1) is 5.82 Å². The van der Waals surface area contributed by atoms with E-state index in [9.17, 15) is 9.50 Å². The molecule has 0 saturated carbocycles. The average Bonchev–Trinajstić information content (AvgIpc) is 2.54. The zero-order chi connectivity index (χ0) is 16.4. The van der Waals surface area contributed by atoms with Gasteiger partial charge in [0.15, 0.2) is 0 Å². The van der Waals surface area contributed by atoms with Crippen LogP contribution in [-0.4, -0.2) is 10.1 Å². The number of phenolic OH excluding ortho intramolecular Hbond substituents is 1. The first-order chi connectivity index (χ1) is 11.1. The highest BCUT2D eigenvalue weighted by molar-refractivity contribution is 7.80. The third-order valence-corrected chi connectivity index (χ3v) is 3.91. The van der Waals surface area contributed by atoms with Gasteiger partial charge in [0.25, 0.3) is 0 Å². The van der Waals surface area contributed by atoms with E-state index in [4.69, 9.17) is 12.2 Å². The number of rotatable bonds is 3. The van der Waals surface area contributed by atoms with Crippen molar-refractivity contribution in [1.82, 2.24) is 5.32 Å². The molecule has 0 aromatic heterocycles. The second-order valence-electron chi connectivity index (χ2n) is 5.40. The summed E-state index contributed by atoms with van der Waals surface area (Å²) in [6.07, 6.45) is 0. The molecule has 0 bridgehead atoms. The van der Waals surface area contributed by atoms with Gasteiger partial charge in [-0.3, -0.25) is 0 Å². The van der Waals surface area contributed by atoms with E-state index < -0.39 is 0 Å². The molecule has 0 aliphatic heterocycles. The van der Waals surface area contributed by atoms with E-state index >= 15 is 0 Å². The first-order valence-electron chi connectivity index (χ1n) is 7.29. The summed E-state index contributed by atoms with van der Waals surface area (Å²) in [5.74, 6) is -0.115. The number of nitrogens with one attached hydrogen (secondary N) is 1. The van der Waals surface area contributed by atoms with Crippen LogP contribution in [0.4, 0.5) is 4.39 Å². The number of hydrogen-bond donors (Lipinski definition) is 2. The molecule has 3 aromatic rings. The quantitative estimate of drug-likeness (QED) is 0.684. The monoisotopic (exact) mass is 325 g/mol. The van der Waals surface area contributed by atoms with E-state index in [-0.39, 0.29) is 17.6 Å². The Kier molecular flexibility index (Phi) is 4.26. The van der Waals surface area contributed by atoms with E-state index in [0.717, 1.165) is 21.9 Å². The van der Waals surface area contributed by atoms with Gasteiger partial charge in [0.2, 0.25) is 0 Å². The average molecular weight is 325 g/mol. The Balaban J connectivity index is 2.22. The Morgan fingerprint density at radius 2 is 1.74 bits per heavy atom. The lowest BCUT2D eigenvalue weighted by atomic mass is 9.92. The topological polar surface area (TPSA) is 32.3 Å². The van der Waals surface area contributed by atoms with Crippen LogP contribution in [0.2, 0.25) is 0 Å². The number of fused-ring (bicyclic) bond motifs is 1. The maximum Gasteiger partial charge on any atom is 0.123 e. The normalized spacial score (nSPS) is 12.1. The minimum absolute atomic E-state index is 0.182. The van der Waals surface area contributed by atoms with Crippen LogP contribution in [-0.2, 0) is 0 Å².